The van der Waals surface area contributed by atoms with Crippen LogP contribution in [0.4, 0.5) is 8.78 Å². The second-order valence-corrected chi connectivity index (χ2v) is 6.48. The van der Waals surface area contributed by atoms with Crippen LogP contribution in [0, 0.1) is 5.92 Å². The van der Waals surface area contributed by atoms with Gasteiger partial charge in [-0.2, -0.15) is 8.78 Å². The number of nitrogens with one attached hydrogen (secondary N) is 1. The van der Waals surface area contributed by atoms with E-state index in [9.17, 15) is 13.6 Å². The van der Waals surface area contributed by atoms with Crippen molar-refractivity contribution in [3.05, 3.63) is 29.8 Å². The van der Waals surface area contributed by atoms with Crippen molar-refractivity contribution in [1.29, 1.82) is 0 Å². The minimum absolute atomic E-state index is 0.0462. The summed E-state index contributed by atoms with van der Waals surface area (Å²) in [5.74, 6) is -0.140. The number of alkyl halides is 2. The fourth-order valence-electron chi connectivity index (χ4n) is 3.12. The Morgan fingerprint density at radius 1 is 1.35 bits per heavy atom. The van der Waals surface area contributed by atoms with Gasteiger partial charge in [0, 0.05) is 5.54 Å². The molecule has 1 aliphatic carbocycles. The van der Waals surface area contributed by atoms with E-state index < -0.39 is 12.2 Å². The van der Waals surface area contributed by atoms with E-state index in [2.05, 4.69) is 10.1 Å². The van der Waals surface area contributed by atoms with Crippen LogP contribution < -0.4 is 15.8 Å². The molecule has 0 saturated heterocycles. The van der Waals surface area contributed by atoms with Gasteiger partial charge in [-0.1, -0.05) is 25.0 Å². The molecule has 2 rings (SSSR count). The Hall–Kier alpha value is -1.69. The minimum Gasteiger partial charge on any atom is -0.435 e. The van der Waals surface area contributed by atoms with Crippen LogP contribution >= 0.6 is 0 Å². The number of carbonyl (C=O) groups excluding carboxylic acids is 1. The highest BCUT2D eigenvalue weighted by molar-refractivity contribution is 5.80. The largest absolute Gasteiger partial charge is 0.435 e. The van der Waals surface area contributed by atoms with Gasteiger partial charge < -0.3 is 15.8 Å². The Bertz CT molecular complexity index is 532. The van der Waals surface area contributed by atoms with Gasteiger partial charge in [0.05, 0.1) is 12.0 Å². The summed E-state index contributed by atoms with van der Waals surface area (Å²) in [6, 6.07) is 6.06. The van der Waals surface area contributed by atoms with E-state index in [4.69, 9.17) is 5.73 Å². The Morgan fingerprint density at radius 3 is 2.57 bits per heavy atom. The quantitative estimate of drug-likeness (QED) is 0.872. The highest BCUT2D eigenvalue weighted by Gasteiger charge is 2.38. The molecule has 0 spiro atoms. The lowest BCUT2D eigenvalue weighted by atomic mass is 9.74. The smallest absolute Gasteiger partial charge is 0.387 e. The van der Waals surface area contributed by atoms with Crippen LogP contribution in [-0.2, 0) is 4.79 Å². The molecule has 3 N–H and O–H groups in total. The summed E-state index contributed by atoms with van der Waals surface area (Å²) in [5, 5.41) is 2.97. The van der Waals surface area contributed by atoms with E-state index in [-0.39, 0.29) is 23.6 Å². The average Bonchev–Trinajstić information content (AvgIpc) is 2.46. The number of nitrogens with two attached hydrogens (primary N) is 1. The predicted molar refractivity (Wildman–Crippen MR) is 84.2 cm³/mol. The molecular weight excluding hydrogens is 302 g/mol. The molecule has 4 nitrogen and oxygen atoms in total. The summed E-state index contributed by atoms with van der Waals surface area (Å²) >= 11 is 0. The Balaban J connectivity index is 1.98. The summed E-state index contributed by atoms with van der Waals surface area (Å²) in [6.45, 7) is 0.946. The number of hydrogen-bond acceptors (Lipinski definition) is 3. The zero-order valence-corrected chi connectivity index (χ0v) is 13.5. The third-order valence-corrected chi connectivity index (χ3v) is 4.53. The minimum atomic E-state index is -2.84. The first-order valence-corrected chi connectivity index (χ1v) is 7.93. The average molecular weight is 326 g/mol. The second kappa shape index (κ2) is 7.25. The molecule has 1 amide bonds. The van der Waals surface area contributed by atoms with Crippen molar-refractivity contribution >= 4 is 5.91 Å². The lowest BCUT2D eigenvalue weighted by molar-refractivity contribution is -0.128. The number of ether oxygens (including phenoxy) is 1. The van der Waals surface area contributed by atoms with Crippen molar-refractivity contribution in [3.63, 3.8) is 0 Å². The van der Waals surface area contributed by atoms with Gasteiger partial charge in [-0.15, -0.1) is 0 Å². The first-order valence-electron chi connectivity index (χ1n) is 7.93. The zero-order chi connectivity index (χ0) is 17.0. The standard InChI is InChI=1S/C17H24F2N2O2/c1-11(12-6-8-13(9-7-12)23-16(18)19)21-15(22)14-5-3-4-10-17(14,2)20/h6-9,11,14,16H,3-5,10,20H2,1-2H3,(H,21,22). The zero-order valence-electron chi connectivity index (χ0n) is 13.5. The fourth-order valence-corrected chi connectivity index (χ4v) is 3.12. The van der Waals surface area contributed by atoms with Crippen molar-refractivity contribution < 1.29 is 18.3 Å². The third kappa shape index (κ3) is 4.64. The second-order valence-electron chi connectivity index (χ2n) is 6.48. The number of halogens is 2. The van der Waals surface area contributed by atoms with Crippen molar-refractivity contribution in [2.24, 2.45) is 11.7 Å². The number of hydrogen-bond donors (Lipinski definition) is 2. The molecule has 1 fully saturated rings. The van der Waals surface area contributed by atoms with Crippen LogP contribution in [0.15, 0.2) is 24.3 Å². The molecular formula is C17H24F2N2O2. The summed E-state index contributed by atoms with van der Waals surface area (Å²) < 4.78 is 28.6. The lowest BCUT2D eigenvalue weighted by Gasteiger charge is -2.37. The van der Waals surface area contributed by atoms with E-state index in [0.717, 1.165) is 31.2 Å². The first kappa shape index (κ1) is 17.7. The highest BCUT2D eigenvalue weighted by Crippen LogP contribution is 2.32. The summed E-state index contributed by atoms with van der Waals surface area (Å²) in [4.78, 5) is 12.5. The van der Waals surface area contributed by atoms with E-state index >= 15 is 0 Å². The van der Waals surface area contributed by atoms with Gasteiger partial charge in [0.1, 0.15) is 5.75 Å². The third-order valence-electron chi connectivity index (χ3n) is 4.53. The monoisotopic (exact) mass is 326 g/mol. The molecule has 0 aliphatic heterocycles. The van der Waals surface area contributed by atoms with E-state index in [1.165, 1.54) is 12.1 Å². The van der Waals surface area contributed by atoms with Gasteiger partial charge in [-0.25, -0.2) is 0 Å². The summed E-state index contributed by atoms with van der Waals surface area (Å²) in [5.41, 5.74) is 6.61. The number of amides is 1. The Kier molecular flexibility index (Phi) is 5.57. The lowest BCUT2D eigenvalue weighted by Crippen LogP contribution is -2.53. The van der Waals surface area contributed by atoms with E-state index in [0.29, 0.717) is 0 Å². The summed E-state index contributed by atoms with van der Waals surface area (Å²) in [6.07, 6.45) is 3.71. The molecule has 1 saturated carbocycles. The van der Waals surface area contributed by atoms with Gasteiger partial charge in [-0.3, -0.25) is 4.79 Å². The maximum atomic E-state index is 12.5. The van der Waals surface area contributed by atoms with Gasteiger partial charge in [-0.05, 0) is 44.4 Å². The SMILES string of the molecule is CC(NC(=O)C1CCCCC1(C)N)c1ccc(OC(F)F)cc1. The Labute approximate surface area is 135 Å². The van der Waals surface area contributed by atoms with Gasteiger partial charge in [0.2, 0.25) is 5.91 Å². The molecule has 3 atom stereocenters. The van der Waals surface area contributed by atoms with Crippen molar-refractivity contribution in [2.75, 3.05) is 0 Å². The maximum absolute atomic E-state index is 12.5. The van der Waals surface area contributed by atoms with Crippen LogP contribution in [0.1, 0.15) is 51.1 Å². The first-order chi connectivity index (χ1) is 10.8. The molecule has 1 aromatic carbocycles. The van der Waals surface area contributed by atoms with Crippen LogP contribution in [0.5, 0.6) is 5.75 Å². The van der Waals surface area contributed by atoms with Crippen molar-refractivity contribution in [1.82, 2.24) is 5.32 Å². The molecule has 6 heteroatoms. The molecule has 0 heterocycles. The number of carbonyl (C=O) groups is 1. The topological polar surface area (TPSA) is 64.4 Å². The fraction of sp³-hybridized carbons (Fsp3) is 0.588. The predicted octanol–water partition coefficient (Wildman–Crippen LogP) is 3.37. The highest BCUT2D eigenvalue weighted by atomic mass is 19.3. The molecule has 23 heavy (non-hydrogen) atoms. The van der Waals surface area contributed by atoms with Gasteiger partial charge in [0.25, 0.3) is 0 Å². The normalized spacial score (nSPS) is 25.9. The molecule has 3 unspecified atom stereocenters. The summed E-state index contributed by atoms with van der Waals surface area (Å²) in [7, 11) is 0. The number of rotatable bonds is 5. The molecule has 0 radical (unpaired) electrons. The van der Waals surface area contributed by atoms with E-state index in [1.807, 2.05) is 13.8 Å². The van der Waals surface area contributed by atoms with Crippen LogP contribution in [0.25, 0.3) is 0 Å². The van der Waals surface area contributed by atoms with Crippen LogP contribution in [-0.4, -0.2) is 18.1 Å². The molecule has 1 aromatic rings. The van der Waals surface area contributed by atoms with Gasteiger partial charge >= 0.3 is 6.61 Å². The van der Waals surface area contributed by atoms with Crippen LogP contribution in [0.2, 0.25) is 0 Å². The molecule has 128 valence electrons. The van der Waals surface area contributed by atoms with Gasteiger partial charge in [0.15, 0.2) is 0 Å². The van der Waals surface area contributed by atoms with E-state index in [1.54, 1.807) is 12.1 Å². The van der Waals surface area contributed by atoms with Crippen molar-refractivity contribution in [2.45, 2.75) is 57.7 Å². The number of benzene rings is 1. The Morgan fingerprint density at radius 2 is 2.00 bits per heavy atom. The maximum Gasteiger partial charge on any atom is 0.387 e. The van der Waals surface area contributed by atoms with Crippen LogP contribution in [0.3, 0.4) is 0 Å². The molecule has 0 aromatic heterocycles. The molecule has 0 bridgehead atoms. The molecule has 1 aliphatic rings. The van der Waals surface area contributed by atoms with Crippen molar-refractivity contribution in [3.8, 4) is 5.75 Å².